The van der Waals surface area contributed by atoms with Gasteiger partial charge in [0.25, 0.3) is 11.8 Å². The first kappa shape index (κ1) is 21.7. The highest BCUT2D eigenvalue weighted by Gasteiger charge is 2.37. The number of barbiturate groups is 1. The van der Waals surface area contributed by atoms with Gasteiger partial charge in [-0.1, -0.05) is 37.5 Å². The Morgan fingerprint density at radius 1 is 1.06 bits per heavy atom. The second-order valence-electron chi connectivity index (χ2n) is 6.68. The standard InChI is InChI=1S/C24H22N2O5/c1-3-5-15-30-19-12-10-18(11-13-19)26-23(28)20(22(27)25-24(26)29)16-17-8-6-7-9-21(17)31-14-4-2/h2,6-13,16H,3,5,14-15H2,1H3,(H,25,27,29)/b20-16-. The lowest BCUT2D eigenvalue weighted by atomic mass is 10.1. The van der Waals surface area contributed by atoms with Crippen LogP contribution >= 0.6 is 0 Å². The van der Waals surface area contributed by atoms with Gasteiger partial charge in [-0.15, -0.1) is 6.42 Å². The Morgan fingerprint density at radius 3 is 2.52 bits per heavy atom. The van der Waals surface area contributed by atoms with Gasteiger partial charge in [0, 0.05) is 5.56 Å². The number of amides is 4. The van der Waals surface area contributed by atoms with Crippen molar-refractivity contribution in [2.75, 3.05) is 18.1 Å². The zero-order valence-corrected chi connectivity index (χ0v) is 17.1. The smallest absolute Gasteiger partial charge is 0.335 e. The minimum absolute atomic E-state index is 0.0393. The van der Waals surface area contributed by atoms with Crippen molar-refractivity contribution in [3.8, 4) is 23.8 Å². The van der Waals surface area contributed by atoms with E-state index in [0.717, 1.165) is 17.7 Å². The Kier molecular flexibility index (Phi) is 7.07. The van der Waals surface area contributed by atoms with Crippen molar-refractivity contribution in [3.05, 3.63) is 59.7 Å². The van der Waals surface area contributed by atoms with Gasteiger partial charge < -0.3 is 9.47 Å². The third-order valence-corrected chi connectivity index (χ3v) is 4.49. The number of carbonyl (C=O) groups excluding carboxylic acids is 3. The second kappa shape index (κ2) is 10.1. The molecule has 7 heteroatoms. The van der Waals surface area contributed by atoms with Crippen molar-refractivity contribution in [2.45, 2.75) is 19.8 Å². The van der Waals surface area contributed by atoms with Crippen LogP contribution in [0.1, 0.15) is 25.3 Å². The minimum atomic E-state index is -0.816. The number of terminal acetylenes is 1. The summed E-state index contributed by atoms with van der Waals surface area (Å²) in [5, 5.41) is 2.20. The van der Waals surface area contributed by atoms with Crippen LogP contribution in [0.2, 0.25) is 0 Å². The maximum atomic E-state index is 13.0. The van der Waals surface area contributed by atoms with Gasteiger partial charge in [-0.25, -0.2) is 9.69 Å². The first-order valence-electron chi connectivity index (χ1n) is 9.84. The Bertz CT molecular complexity index is 1050. The van der Waals surface area contributed by atoms with Crippen LogP contribution in [0.15, 0.2) is 54.1 Å². The van der Waals surface area contributed by atoms with Crippen LogP contribution in [-0.2, 0) is 9.59 Å². The molecule has 3 rings (SSSR count). The highest BCUT2D eigenvalue weighted by atomic mass is 16.5. The number of anilines is 1. The largest absolute Gasteiger partial charge is 0.494 e. The molecule has 0 radical (unpaired) electrons. The normalized spacial score (nSPS) is 14.9. The van der Waals surface area contributed by atoms with Gasteiger partial charge in [0.15, 0.2) is 0 Å². The number of nitrogens with zero attached hydrogens (tertiary/aromatic N) is 1. The van der Waals surface area contributed by atoms with Crippen LogP contribution < -0.4 is 19.7 Å². The molecule has 0 aromatic heterocycles. The van der Waals surface area contributed by atoms with E-state index in [1.807, 2.05) is 0 Å². The molecule has 1 aliphatic heterocycles. The van der Waals surface area contributed by atoms with Crippen LogP contribution in [0.25, 0.3) is 6.08 Å². The van der Waals surface area contributed by atoms with Gasteiger partial charge in [-0.2, -0.15) is 0 Å². The van der Waals surface area contributed by atoms with Crippen molar-refractivity contribution in [1.82, 2.24) is 5.32 Å². The molecule has 1 saturated heterocycles. The van der Waals surface area contributed by atoms with Crippen LogP contribution in [0.4, 0.5) is 10.5 Å². The fourth-order valence-electron chi connectivity index (χ4n) is 2.92. The van der Waals surface area contributed by atoms with Crippen molar-refractivity contribution < 1.29 is 23.9 Å². The lowest BCUT2D eigenvalue weighted by Gasteiger charge is -2.26. The monoisotopic (exact) mass is 418 g/mol. The van der Waals surface area contributed by atoms with E-state index >= 15 is 0 Å². The average molecular weight is 418 g/mol. The molecule has 1 N–H and O–H groups in total. The van der Waals surface area contributed by atoms with E-state index in [-0.39, 0.29) is 12.2 Å². The lowest BCUT2D eigenvalue weighted by Crippen LogP contribution is -2.54. The summed E-state index contributed by atoms with van der Waals surface area (Å²) in [4.78, 5) is 38.7. The molecule has 0 saturated carbocycles. The number of hydrogen-bond donors (Lipinski definition) is 1. The predicted molar refractivity (Wildman–Crippen MR) is 117 cm³/mol. The number of para-hydroxylation sites is 1. The van der Waals surface area contributed by atoms with E-state index in [1.54, 1.807) is 48.5 Å². The van der Waals surface area contributed by atoms with Gasteiger partial charge >= 0.3 is 6.03 Å². The molecule has 0 spiro atoms. The van der Waals surface area contributed by atoms with E-state index < -0.39 is 17.8 Å². The molecule has 2 aromatic carbocycles. The molecule has 4 amide bonds. The summed E-state index contributed by atoms with van der Waals surface area (Å²) in [6.45, 7) is 2.69. The zero-order valence-electron chi connectivity index (χ0n) is 17.1. The fourth-order valence-corrected chi connectivity index (χ4v) is 2.92. The van der Waals surface area contributed by atoms with Crippen molar-refractivity contribution in [1.29, 1.82) is 0 Å². The van der Waals surface area contributed by atoms with E-state index in [2.05, 4.69) is 18.2 Å². The summed E-state index contributed by atoms with van der Waals surface area (Å²) in [7, 11) is 0. The molecule has 0 unspecified atom stereocenters. The number of nitrogens with one attached hydrogen (secondary N) is 1. The first-order valence-corrected chi connectivity index (χ1v) is 9.84. The summed E-state index contributed by atoms with van der Waals surface area (Å²) >= 11 is 0. The number of hydrogen-bond acceptors (Lipinski definition) is 5. The maximum absolute atomic E-state index is 13.0. The number of carbonyl (C=O) groups is 3. The van der Waals surface area contributed by atoms with Gasteiger partial charge in [-0.05, 0) is 42.8 Å². The Hall–Kier alpha value is -4.05. The molecular formula is C24H22N2O5. The summed E-state index contributed by atoms with van der Waals surface area (Å²) in [5.41, 5.74) is 0.616. The van der Waals surface area contributed by atoms with Crippen LogP contribution in [0.5, 0.6) is 11.5 Å². The molecule has 0 atom stereocenters. The van der Waals surface area contributed by atoms with Gasteiger partial charge in [-0.3, -0.25) is 14.9 Å². The van der Waals surface area contributed by atoms with Gasteiger partial charge in [0.1, 0.15) is 23.7 Å². The topological polar surface area (TPSA) is 84.9 Å². The minimum Gasteiger partial charge on any atom is -0.494 e. The summed E-state index contributed by atoms with van der Waals surface area (Å²) in [6.07, 6.45) is 8.56. The van der Waals surface area contributed by atoms with E-state index in [4.69, 9.17) is 15.9 Å². The SMILES string of the molecule is C#CCOc1ccccc1/C=C1/C(=O)NC(=O)N(c2ccc(OCCCC)cc2)C1=O. The lowest BCUT2D eigenvalue weighted by molar-refractivity contribution is -0.122. The summed E-state index contributed by atoms with van der Waals surface area (Å²) in [5.74, 6) is 1.91. The fraction of sp³-hybridized carbons (Fsp3) is 0.208. The molecule has 0 aliphatic carbocycles. The van der Waals surface area contributed by atoms with Crippen molar-refractivity contribution in [3.63, 3.8) is 0 Å². The highest BCUT2D eigenvalue weighted by molar-refractivity contribution is 6.39. The number of ether oxygens (including phenoxy) is 2. The second-order valence-corrected chi connectivity index (χ2v) is 6.68. The molecular weight excluding hydrogens is 396 g/mol. The third kappa shape index (κ3) is 5.11. The van der Waals surface area contributed by atoms with E-state index in [0.29, 0.717) is 29.4 Å². The third-order valence-electron chi connectivity index (χ3n) is 4.49. The predicted octanol–water partition coefficient (Wildman–Crippen LogP) is 3.54. The van der Waals surface area contributed by atoms with Crippen LogP contribution in [0, 0.1) is 12.3 Å². The van der Waals surface area contributed by atoms with E-state index in [1.165, 1.54) is 6.08 Å². The number of imide groups is 2. The van der Waals surface area contributed by atoms with Crippen LogP contribution in [-0.4, -0.2) is 31.1 Å². The highest BCUT2D eigenvalue weighted by Crippen LogP contribution is 2.26. The number of urea groups is 1. The molecule has 0 bridgehead atoms. The van der Waals surface area contributed by atoms with Crippen LogP contribution in [0.3, 0.4) is 0 Å². The molecule has 31 heavy (non-hydrogen) atoms. The zero-order chi connectivity index (χ0) is 22.2. The molecule has 1 fully saturated rings. The molecule has 7 nitrogen and oxygen atoms in total. The summed E-state index contributed by atoms with van der Waals surface area (Å²) < 4.78 is 11.1. The van der Waals surface area contributed by atoms with E-state index in [9.17, 15) is 14.4 Å². The van der Waals surface area contributed by atoms with Crippen molar-refractivity contribution in [2.24, 2.45) is 0 Å². The quantitative estimate of drug-likeness (QED) is 0.307. The number of rotatable bonds is 8. The number of unbranched alkanes of at least 4 members (excludes halogenated alkanes) is 1. The van der Waals surface area contributed by atoms with Crippen molar-refractivity contribution >= 4 is 29.6 Å². The Labute approximate surface area is 180 Å². The average Bonchev–Trinajstić information content (AvgIpc) is 2.77. The maximum Gasteiger partial charge on any atom is 0.335 e. The first-order chi connectivity index (χ1) is 15.0. The molecule has 158 valence electrons. The Balaban J connectivity index is 1.88. The number of benzene rings is 2. The van der Waals surface area contributed by atoms with Gasteiger partial charge in [0.2, 0.25) is 0 Å². The molecule has 1 heterocycles. The van der Waals surface area contributed by atoms with Gasteiger partial charge in [0.05, 0.1) is 12.3 Å². The molecule has 1 aliphatic rings. The molecule has 2 aromatic rings. The Morgan fingerprint density at radius 2 is 1.81 bits per heavy atom. The summed E-state index contributed by atoms with van der Waals surface area (Å²) in [6, 6.07) is 12.6.